The SMILES string of the molecule is O=C1Nc2ccccc2CC[C@@H]1N1CCC(n2ccnc2)CC1. The van der Waals surface area contributed by atoms with Gasteiger partial charge in [-0.1, -0.05) is 18.2 Å². The molecule has 2 aromatic rings. The predicted octanol–water partition coefficient (Wildman–Crippen LogP) is 2.47. The highest BCUT2D eigenvalue weighted by Crippen LogP contribution is 2.28. The number of amides is 1. The lowest BCUT2D eigenvalue weighted by Crippen LogP contribution is -2.47. The molecule has 0 spiro atoms. The van der Waals surface area contributed by atoms with E-state index >= 15 is 0 Å². The van der Waals surface area contributed by atoms with Crippen molar-refractivity contribution in [3.63, 3.8) is 0 Å². The second-order valence-corrected chi connectivity index (χ2v) is 6.48. The van der Waals surface area contributed by atoms with Crippen molar-refractivity contribution in [3.05, 3.63) is 48.5 Å². The number of benzene rings is 1. The van der Waals surface area contributed by atoms with E-state index in [1.807, 2.05) is 36.9 Å². The van der Waals surface area contributed by atoms with Gasteiger partial charge in [-0.05, 0) is 37.3 Å². The van der Waals surface area contributed by atoms with E-state index in [0.717, 1.165) is 44.5 Å². The normalized spacial score (nSPS) is 23.1. The molecule has 1 saturated heterocycles. The minimum atomic E-state index is -0.00821. The van der Waals surface area contributed by atoms with E-state index in [1.54, 1.807) is 0 Å². The molecule has 1 N–H and O–H groups in total. The topological polar surface area (TPSA) is 50.2 Å². The van der Waals surface area contributed by atoms with Crippen molar-refractivity contribution < 1.29 is 4.79 Å². The third-order valence-corrected chi connectivity index (χ3v) is 5.15. The number of carbonyl (C=O) groups is 1. The Morgan fingerprint density at radius 3 is 2.74 bits per heavy atom. The van der Waals surface area contributed by atoms with Crippen LogP contribution in [0, 0.1) is 0 Å². The van der Waals surface area contributed by atoms with Crippen molar-refractivity contribution in [2.45, 2.75) is 37.8 Å². The first kappa shape index (κ1) is 14.5. The monoisotopic (exact) mass is 310 g/mol. The van der Waals surface area contributed by atoms with Gasteiger partial charge in [-0.15, -0.1) is 0 Å². The minimum Gasteiger partial charge on any atom is -0.334 e. The van der Waals surface area contributed by atoms with E-state index in [2.05, 4.69) is 25.8 Å². The number of hydrogen-bond acceptors (Lipinski definition) is 3. The molecule has 0 unspecified atom stereocenters. The number of likely N-dealkylation sites (tertiary alicyclic amines) is 1. The molecule has 3 heterocycles. The zero-order chi connectivity index (χ0) is 15.6. The Morgan fingerprint density at radius 2 is 1.96 bits per heavy atom. The zero-order valence-corrected chi connectivity index (χ0v) is 13.2. The van der Waals surface area contributed by atoms with Gasteiger partial charge in [0.25, 0.3) is 0 Å². The molecule has 2 aliphatic heterocycles. The van der Waals surface area contributed by atoms with Gasteiger partial charge in [0.2, 0.25) is 5.91 Å². The fraction of sp³-hybridized carbons (Fsp3) is 0.444. The Morgan fingerprint density at radius 1 is 1.13 bits per heavy atom. The predicted molar refractivity (Wildman–Crippen MR) is 89.3 cm³/mol. The first-order chi connectivity index (χ1) is 11.3. The molecule has 1 aromatic heterocycles. The summed E-state index contributed by atoms with van der Waals surface area (Å²) in [5.74, 6) is 0.149. The summed E-state index contributed by atoms with van der Waals surface area (Å²) in [4.78, 5) is 19.1. The van der Waals surface area contributed by atoms with Crippen LogP contribution >= 0.6 is 0 Å². The third-order valence-electron chi connectivity index (χ3n) is 5.15. The van der Waals surface area contributed by atoms with Crippen molar-refractivity contribution in [3.8, 4) is 0 Å². The van der Waals surface area contributed by atoms with Gasteiger partial charge in [-0.2, -0.15) is 0 Å². The number of nitrogens with zero attached hydrogens (tertiary/aromatic N) is 3. The summed E-state index contributed by atoms with van der Waals surface area (Å²) < 4.78 is 2.19. The van der Waals surface area contributed by atoms with Gasteiger partial charge in [0.15, 0.2) is 0 Å². The molecule has 0 aliphatic carbocycles. The van der Waals surface area contributed by atoms with Crippen molar-refractivity contribution in [1.82, 2.24) is 14.5 Å². The quantitative estimate of drug-likeness (QED) is 0.927. The van der Waals surface area contributed by atoms with Crippen molar-refractivity contribution >= 4 is 11.6 Å². The van der Waals surface area contributed by atoms with E-state index in [-0.39, 0.29) is 11.9 Å². The minimum absolute atomic E-state index is 0.00821. The highest BCUT2D eigenvalue weighted by Gasteiger charge is 2.31. The summed E-state index contributed by atoms with van der Waals surface area (Å²) in [6.07, 6.45) is 9.78. The van der Waals surface area contributed by atoms with Crippen LogP contribution in [0.4, 0.5) is 5.69 Å². The first-order valence-electron chi connectivity index (χ1n) is 8.41. The van der Waals surface area contributed by atoms with Crippen LogP contribution in [-0.4, -0.2) is 39.5 Å². The average Bonchev–Trinajstić information content (AvgIpc) is 3.06. The fourth-order valence-corrected chi connectivity index (χ4v) is 3.83. The van der Waals surface area contributed by atoms with Crippen LogP contribution in [-0.2, 0) is 11.2 Å². The zero-order valence-electron chi connectivity index (χ0n) is 13.2. The van der Waals surface area contributed by atoms with Crippen LogP contribution in [0.2, 0.25) is 0 Å². The van der Waals surface area contributed by atoms with Gasteiger partial charge in [-0.25, -0.2) is 4.98 Å². The fourth-order valence-electron chi connectivity index (χ4n) is 3.83. The van der Waals surface area contributed by atoms with Gasteiger partial charge in [0.05, 0.1) is 12.4 Å². The maximum absolute atomic E-state index is 12.6. The summed E-state index contributed by atoms with van der Waals surface area (Å²) in [5, 5.41) is 3.11. The van der Waals surface area contributed by atoms with Crippen LogP contribution in [0.25, 0.3) is 0 Å². The second-order valence-electron chi connectivity index (χ2n) is 6.48. The number of para-hydroxylation sites is 1. The van der Waals surface area contributed by atoms with Gasteiger partial charge in [0.1, 0.15) is 0 Å². The molecule has 0 bridgehead atoms. The summed E-state index contributed by atoms with van der Waals surface area (Å²) in [6, 6.07) is 8.65. The van der Waals surface area contributed by atoms with Crippen LogP contribution in [0.1, 0.15) is 30.9 Å². The number of rotatable bonds is 2. The molecule has 2 aliphatic rings. The molecule has 5 heteroatoms. The number of nitrogens with one attached hydrogen (secondary N) is 1. The highest BCUT2D eigenvalue weighted by molar-refractivity contribution is 5.96. The molecule has 5 nitrogen and oxygen atoms in total. The molecule has 1 fully saturated rings. The summed E-state index contributed by atoms with van der Waals surface area (Å²) in [5.41, 5.74) is 2.23. The molecular formula is C18H22N4O. The Kier molecular flexibility index (Phi) is 3.87. The van der Waals surface area contributed by atoms with E-state index < -0.39 is 0 Å². The van der Waals surface area contributed by atoms with Crippen molar-refractivity contribution in [2.75, 3.05) is 18.4 Å². The summed E-state index contributed by atoms with van der Waals surface area (Å²) >= 11 is 0. The highest BCUT2D eigenvalue weighted by atomic mass is 16.2. The largest absolute Gasteiger partial charge is 0.334 e. The molecule has 23 heavy (non-hydrogen) atoms. The van der Waals surface area contributed by atoms with Crippen LogP contribution in [0.3, 0.4) is 0 Å². The van der Waals surface area contributed by atoms with Crippen molar-refractivity contribution in [2.24, 2.45) is 0 Å². The average molecular weight is 310 g/mol. The maximum atomic E-state index is 12.6. The molecule has 1 atom stereocenters. The lowest BCUT2D eigenvalue weighted by atomic mass is 10.00. The van der Waals surface area contributed by atoms with Crippen LogP contribution < -0.4 is 5.32 Å². The number of aryl methyl sites for hydroxylation is 1. The standard InChI is InChI=1S/C18H22N4O/c23-18-17(6-5-14-3-1-2-4-16(14)20-18)21-10-7-15(8-11-21)22-12-9-19-13-22/h1-4,9,12-13,15,17H,5-8,10-11H2,(H,20,23)/t17-/m0/s1. The van der Waals surface area contributed by atoms with E-state index in [1.165, 1.54) is 5.56 Å². The number of hydrogen-bond donors (Lipinski definition) is 1. The maximum Gasteiger partial charge on any atom is 0.241 e. The number of fused-ring (bicyclic) bond motifs is 1. The summed E-state index contributed by atoms with van der Waals surface area (Å²) in [7, 11) is 0. The van der Waals surface area contributed by atoms with Gasteiger partial charge < -0.3 is 9.88 Å². The van der Waals surface area contributed by atoms with E-state index in [0.29, 0.717) is 6.04 Å². The van der Waals surface area contributed by atoms with Crippen molar-refractivity contribution in [1.29, 1.82) is 0 Å². The number of imidazole rings is 1. The molecule has 0 radical (unpaired) electrons. The lowest BCUT2D eigenvalue weighted by Gasteiger charge is -2.36. The Hall–Kier alpha value is -2.14. The molecular weight excluding hydrogens is 288 g/mol. The first-order valence-corrected chi connectivity index (χ1v) is 8.41. The number of carbonyl (C=O) groups excluding carboxylic acids is 1. The Bertz CT molecular complexity index is 674. The van der Waals surface area contributed by atoms with Crippen LogP contribution in [0.15, 0.2) is 43.0 Å². The molecule has 1 amide bonds. The van der Waals surface area contributed by atoms with Gasteiger partial charge in [-0.3, -0.25) is 9.69 Å². The Labute approximate surface area is 136 Å². The lowest BCUT2D eigenvalue weighted by molar-refractivity contribution is -0.122. The van der Waals surface area contributed by atoms with Gasteiger partial charge >= 0.3 is 0 Å². The smallest absolute Gasteiger partial charge is 0.241 e. The van der Waals surface area contributed by atoms with E-state index in [4.69, 9.17) is 0 Å². The van der Waals surface area contributed by atoms with Gasteiger partial charge in [0, 0.05) is 37.2 Å². The molecule has 1 aromatic carbocycles. The Balaban J connectivity index is 1.42. The van der Waals surface area contributed by atoms with Crippen LogP contribution in [0.5, 0.6) is 0 Å². The number of anilines is 1. The summed E-state index contributed by atoms with van der Waals surface area (Å²) in [6.45, 7) is 1.94. The second kappa shape index (κ2) is 6.16. The van der Waals surface area contributed by atoms with E-state index in [9.17, 15) is 4.79 Å². The number of piperidine rings is 1. The molecule has 0 saturated carbocycles. The third kappa shape index (κ3) is 2.88. The molecule has 120 valence electrons. The number of aromatic nitrogens is 2. The molecule has 4 rings (SSSR count).